The van der Waals surface area contributed by atoms with Gasteiger partial charge in [-0.15, -0.1) is 5.10 Å². The summed E-state index contributed by atoms with van der Waals surface area (Å²) in [6.07, 6.45) is 1.76. The maximum Gasteiger partial charge on any atom is 0.229 e. The molecule has 136 valence electrons. The van der Waals surface area contributed by atoms with E-state index in [1.165, 1.54) is 0 Å². The molecule has 10 heteroatoms. The molecule has 0 amide bonds. The molecule has 0 unspecified atom stereocenters. The Morgan fingerprint density at radius 3 is 2.62 bits per heavy atom. The third-order valence-electron chi connectivity index (χ3n) is 3.74. The van der Waals surface area contributed by atoms with Crippen molar-refractivity contribution in [3.05, 3.63) is 30.2 Å². The number of nitrogens with one attached hydrogen (secondary N) is 2. The van der Waals surface area contributed by atoms with E-state index < -0.39 is 0 Å². The first kappa shape index (κ1) is 17.4. The predicted octanol–water partition coefficient (Wildman–Crippen LogP) is 1.62. The lowest BCUT2D eigenvalue weighted by Crippen LogP contribution is -2.13. The van der Waals surface area contributed by atoms with Gasteiger partial charge in [0.1, 0.15) is 5.75 Å². The summed E-state index contributed by atoms with van der Waals surface area (Å²) in [6.45, 7) is 1.83. The topological polar surface area (TPSA) is 106 Å². The molecule has 0 bridgehead atoms. The number of tetrazole rings is 1. The van der Waals surface area contributed by atoms with E-state index in [4.69, 9.17) is 4.74 Å². The number of aryl methyl sites for hydroxylation is 1. The highest BCUT2D eigenvalue weighted by Gasteiger charge is 2.11. The van der Waals surface area contributed by atoms with E-state index in [2.05, 4.69) is 36.1 Å². The number of nitrogens with zero attached hydrogens (tertiary/aromatic N) is 7. The molecule has 0 radical (unpaired) electrons. The molecule has 0 aliphatic carbocycles. The van der Waals surface area contributed by atoms with Gasteiger partial charge < -0.3 is 20.3 Å². The van der Waals surface area contributed by atoms with E-state index in [0.717, 1.165) is 22.9 Å². The predicted molar refractivity (Wildman–Crippen MR) is 99.6 cm³/mol. The lowest BCUT2D eigenvalue weighted by Gasteiger charge is -2.17. The highest BCUT2D eigenvalue weighted by molar-refractivity contribution is 5.68. The Bertz CT molecular complexity index is 906. The Hall–Kier alpha value is -3.43. The largest absolute Gasteiger partial charge is 0.497 e. The molecule has 2 heterocycles. The SMILES string of the molecule is CNc1nc(Nc2cc(OC)cc(-n3nnnc3C)c2)ncc1N(C)C. The summed E-state index contributed by atoms with van der Waals surface area (Å²) in [7, 11) is 7.31. The van der Waals surface area contributed by atoms with Crippen LogP contribution in [0.25, 0.3) is 5.69 Å². The fourth-order valence-electron chi connectivity index (χ4n) is 2.44. The van der Waals surface area contributed by atoms with Crippen molar-refractivity contribution in [1.29, 1.82) is 0 Å². The molecule has 26 heavy (non-hydrogen) atoms. The van der Waals surface area contributed by atoms with Crippen LogP contribution in [-0.4, -0.2) is 58.4 Å². The van der Waals surface area contributed by atoms with Gasteiger partial charge >= 0.3 is 0 Å². The minimum atomic E-state index is 0.465. The van der Waals surface area contributed by atoms with Gasteiger partial charge in [0.05, 0.1) is 24.7 Å². The van der Waals surface area contributed by atoms with Gasteiger partial charge in [-0.3, -0.25) is 0 Å². The van der Waals surface area contributed by atoms with Crippen molar-refractivity contribution in [1.82, 2.24) is 30.2 Å². The first-order chi connectivity index (χ1) is 12.5. The molecule has 0 atom stereocenters. The van der Waals surface area contributed by atoms with Crippen molar-refractivity contribution in [3.8, 4) is 11.4 Å². The number of hydrogen-bond donors (Lipinski definition) is 2. The molecular weight excluding hydrogens is 334 g/mol. The zero-order valence-corrected chi connectivity index (χ0v) is 15.3. The van der Waals surface area contributed by atoms with Gasteiger partial charge in [-0.1, -0.05) is 0 Å². The van der Waals surface area contributed by atoms with Crippen LogP contribution in [0.2, 0.25) is 0 Å². The summed E-state index contributed by atoms with van der Waals surface area (Å²) in [4.78, 5) is 10.8. The number of benzene rings is 1. The van der Waals surface area contributed by atoms with Crippen LogP contribution in [0.15, 0.2) is 24.4 Å². The summed E-state index contributed by atoms with van der Waals surface area (Å²) in [5.41, 5.74) is 2.43. The zero-order valence-electron chi connectivity index (χ0n) is 15.3. The molecule has 2 aromatic heterocycles. The minimum absolute atomic E-state index is 0.465. The number of anilines is 4. The summed E-state index contributed by atoms with van der Waals surface area (Å²) in [5, 5.41) is 17.9. The average molecular weight is 355 g/mol. The summed E-state index contributed by atoms with van der Waals surface area (Å²) in [6, 6.07) is 5.60. The first-order valence-electron chi connectivity index (χ1n) is 7.95. The van der Waals surface area contributed by atoms with Gasteiger partial charge in [-0.05, 0) is 23.4 Å². The zero-order chi connectivity index (χ0) is 18.7. The highest BCUT2D eigenvalue weighted by atomic mass is 16.5. The molecule has 0 aliphatic heterocycles. The second-order valence-corrected chi connectivity index (χ2v) is 5.75. The lowest BCUT2D eigenvalue weighted by molar-refractivity contribution is 0.414. The molecule has 0 saturated heterocycles. The normalized spacial score (nSPS) is 10.5. The van der Waals surface area contributed by atoms with Crippen molar-refractivity contribution >= 4 is 23.1 Å². The van der Waals surface area contributed by atoms with Crippen LogP contribution < -0.4 is 20.3 Å². The van der Waals surface area contributed by atoms with E-state index in [9.17, 15) is 0 Å². The third-order valence-corrected chi connectivity index (χ3v) is 3.74. The van der Waals surface area contributed by atoms with E-state index in [1.807, 2.05) is 51.2 Å². The fourth-order valence-corrected chi connectivity index (χ4v) is 2.44. The van der Waals surface area contributed by atoms with Gasteiger partial charge in [0.15, 0.2) is 11.6 Å². The van der Waals surface area contributed by atoms with Crippen LogP contribution in [0.3, 0.4) is 0 Å². The van der Waals surface area contributed by atoms with E-state index in [-0.39, 0.29) is 0 Å². The monoisotopic (exact) mass is 355 g/mol. The van der Waals surface area contributed by atoms with Crippen LogP contribution in [-0.2, 0) is 0 Å². The average Bonchev–Trinajstić information content (AvgIpc) is 3.07. The fraction of sp³-hybridized carbons (Fsp3) is 0.312. The molecule has 1 aromatic carbocycles. The van der Waals surface area contributed by atoms with E-state index >= 15 is 0 Å². The second-order valence-electron chi connectivity index (χ2n) is 5.75. The van der Waals surface area contributed by atoms with Gasteiger partial charge in [-0.25, -0.2) is 4.98 Å². The van der Waals surface area contributed by atoms with Crippen molar-refractivity contribution in [2.24, 2.45) is 0 Å². The molecule has 3 aromatic rings. The smallest absolute Gasteiger partial charge is 0.229 e. The first-order valence-corrected chi connectivity index (χ1v) is 7.95. The molecule has 0 spiro atoms. The Kier molecular flexibility index (Phi) is 4.83. The Morgan fingerprint density at radius 1 is 1.19 bits per heavy atom. The lowest BCUT2D eigenvalue weighted by atomic mass is 10.2. The highest BCUT2D eigenvalue weighted by Crippen LogP contribution is 2.27. The van der Waals surface area contributed by atoms with Crippen LogP contribution in [0.1, 0.15) is 5.82 Å². The summed E-state index contributed by atoms with van der Waals surface area (Å²) >= 11 is 0. The number of aromatic nitrogens is 6. The molecule has 0 aliphatic rings. The van der Waals surface area contributed by atoms with Crippen molar-refractivity contribution in [2.75, 3.05) is 43.8 Å². The second kappa shape index (κ2) is 7.21. The number of hydrogen-bond acceptors (Lipinski definition) is 9. The minimum Gasteiger partial charge on any atom is -0.497 e. The number of methoxy groups -OCH3 is 1. The van der Waals surface area contributed by atoms with Gasteiger partial charge in [0, 0.05) is 39.0 Å². The maximum atomic E-state index is 5.38. The van der Waals surface area contributed by atoms with Crippen LogP contribution in [0, 0.1) is 6.92 Å². The van der Waals surface area contributed by atoms with Gasteiger partial charge in [0.25, 0.3) is 0 Å². The molecule has 2 N–H and O–H groups in total. The molecule has 3 rings (SSSR count). The van der Waals surface area contributed by atoms with Gasteiger partial charge in [0.2, 0.25) is 5.95 Å². The van der Waals surface area contributed by atoms with Crippen molar-refractivity contribution in [3.63, 3.8) is 0 Å². The van der Waals surface area contributed by atoms with E-state index in [1.54, 1.807) is 18.0 Å². The van der Waals surface area contributed by atoms with Crippen LogP contribution >= 0.6 is 0 Å². The van der Waals surface area contributed by atoms with Crippen molar-refractivity contribution in [2.45, 2.75) is 6.92 Å². The van der Waals surface area contributed by atoms with Crippen molar-refractivity contribution < 1.29 is 4.74 Å². The van der Waals surface area contributed by atoms with Crippen LogP contribution in [0.4, 0.5) is 23.1 Å². The maximum absolute atomic E-state index is 5.38. The standard InChI is InChI=1S/C16H21N9O/c1-10-21-22-23-25(10)12-6-11(7-13(8-12)26-5)19-16-18-9-14(24(3)4)15(17-2)20-16/h6-9H,1-5H3,(H2,17,18,19,20). The van der Waals surface area contributed by atoms with Crippen LogP contribution in [0.5, 0.6) is 5.75 Å². The number of ether oxygens (including phenoxy) is 1. The molecule has 10 nitrogen and oxygen atoms in total. The van der Waals surface area contributed by atoms with Gasteiger partial charge in [-0.2, -0.15) is 9.67 Å². The third kappa shape index (κ3) is 3.48. The molecular formula is C16H21N9O. The Morgan fingerprint density at radius 2 is 2.00 bits per heavy atom. The quantitative estimate of drug-likeness (QED) is 0.682. The Balaban J connectivity index is 1.96. The molecule has 0 saturated carbocycles. The Labute approximate surface area is 151 Å². The molecule has 0 fully saturated rings. The van der Waals surface area contributed by atoms with E-state index in [0.29, 0.717) is 17.5 Å². The summed E-state index contributed by atoms with van der Waals surface area (Å²) < 4.78 is 7.01. The number of rotatable bonds is 6. The summed E-state index contributed by atoms with van der Waals surface area (Å²) in [5.74, 6) is 2.53.